The summed E-state index contributed by atoms with van der Waals surface area (Å²) in [5.41, 5.74) is 5.08. The number of hydrogen-bond acceptors (Lipinski definition) is 5. The van der Waals surface area contributed by atoms with Crippen LogP contribution in [0.4, 0.5) is 5.69 Å². The molecule has 7 heteroatoms. The van der Waals surface area contributed by atoms with Crippen molar-refractivity contribution in [2.45, 2.75) is 0 Å². The average molecular weight is 380 g/mol. The Morgan fingerprint density at radius 2 is 1.82 bits per heavy atom. The standard InChI is InChI=1S/C21H24N4O3/c1-25(2)18-11-8-16(9-12-18)14-23-24-21(27)15-22-20(26)13-10-17-6-4-5-7-19(17)28-3/h4-14H,15H2,1-3H3,(H,22,26)(H,24,27). The maximum absolute atomic E-state index is 11.8. The van der Waals surface area contributed by atoms with Crippen LogP contribution in [0.25, 0.3) is 6.08 Å². The monoisotopic (exact) mass is 380 g/mol. The Balaban J connectivity index is 1.77. The van der Waals surface area contributed by atoms with Gasteiger partial charge in [0.2, 0.25) is 5.91 Å². The Kier molecular flexibility index (Phi) is 7.77. The molecular weight excluding hydrogens is 356 g/mol. The van der Waals surface area contributed by atoms with Crippen molar-refractivity contribution in [3.8, 4) is 5.75 Å². The minimum atomic E-state index is -0.416. The molecule has 28 heavy (non-hydrogen) atoms. The normalized spacial score (nSPS) is 10.8. The van der Waals surface area contributed by atoms with Crippen molar-refractivity contribution in [2.75, 3.05) is 32.6 Å². The number of benzene rings is 2. The number of hydrogen-bond donors (Lipinski definition) is 2. The van der Waals surface area contributed by atoms with E-state index in [1.807, 2.05) is 61.5 Å². The van der Waals surface area contributed by atoms with E-state index in [0.717, 1.165) is 16.8 Å². The molecule has 2 N–H and O–H groups in total. The zero-order valence-electron chi connectivity index (χ0n) is 16.2. The first-order valence-electron chi connectivity index (χ1n) is 8.68. The first-order valence-corrected chi connectivity index (χ1v) is 8.68. The minimum absolute atomic E-state index is 0.175. The summed E-state index contributed by atoms with van der Waals surface area (Å²) < 4.78 is 5.21. The largest absolute Gasteiger partial charge is 0.496 e. The summed E-state index contributed by atoms with van der Waals surface area (Å²) in [6, 6.07) is 15.0. The third-order valence-corrected chi connectivity index (χ3v) is 3.79. The Bertz CT molecular complexity index is 858. The number of amides is 2. The van der Waals surface area contributed by atoms with Crippen molar-refractivity contribution in [3.63, 3.8) is 0 Å². The minimum Gasteiger partial charge on any atom is -0.496 e. The van der Waals surface area contributed by atoms with Crippen LogP contribution >= 0.6 is 0 Å². The van der Waals surface area contributed by atoms with Gasteiger partial charge in [-0.15, -0.1) is 0 Å². The smallest absolute Gasteiger partial charge is 0.259 e. The number of nitrogens with one attached hydrogen (secondary N) is 2. The van der Waals surface area contributed by atoms with Gasteiger partial charge in [-0.2, -0.15) is 5.10 Å². The van der Waals surface area contributed by atoms with Gasteiger partial charge in [0.1, 0.15) is 5.75 Å². The third-order valence-electron chi connectivity index (χ3n) is 3.79. The van der Waals surface area contributed by atoms with Crippen LogP contribution in [-0.4, -0.2) is 45.8 Å². The molecular formula is C21H24N4O3. The highest BCUT2D eigenvalue weighted by molar-refractivity contribution is 5.94. The zero-order chi connectivity index (χ0) is 20.4. The molecule has 0 fully saturated rings. The van der Waals surface area contributed by atoms with Gasteiger partial charge in [-0.3, -0.25) is 9.59 Å². The maximum atomic E-state index is 11.8. The van der Waals surface area contributed by atoms with E-state index in [9.17, 15) is 9.59 Å². The predicted octanol–water partition coefficient (Wildman–Crippen LogP) is 2.04. The number of carbonyl (C=O) groups is 2. The average Bonchev–Trinajstić information content (AvgIpc) is 2.71. The van der Waals surface area contributed by atoms with E-state index in [-0.39, 0.29) is 12.5 Å². The molecule has 0 aliphatic heterocycles. The topological polar surface area (TPSA) is 83.0 Å². The first-order chi connectivity index (χ1) is 13.5. The molecule has 0 unspecified atom stereocenters. The van der Waals surface area contributed by atoms with Crippen molar-refractivity contribution in [3.05, 3.63) is 65.7 Å². The molecule has 2 rings (SSSR count). The van der Waals surface area contributed by atoms with Crippen LogP contribution in [0.1, 0.15) is 11.1 Å². The van der Waals surface area contributed by atoms with Crippen molar-refractivity contribution in [2.24, 2.45) is 5.10 Å². The van der Waals surface area contributed by atoms with E-state index in [1.165, 1.54) is 6.08 Å². The summed E-state index contributed by atoms with van der Waals surface area (Å²) in [5.74, 6) is -0.137. The van der Waals surface area contributed by atoms with Crippen LogP contribution in [0.2, 0.25) is 0 Å². The van der Waals surface area contributed by atoms with E-state index in [4.69, 9.17) is 4.74 Å². The number of anilines is 1. The molecule has 2 amide bonds. The second-order valence-corrected chi connectivity index (χ2v) is 6.07. The molecule has 0 heterocycles. The van der Waals surface area contributed by atoms with Crippen LogP contribution in [0.5, 0.6) is 5.75 Å². The van der Waals surface area contributed by atoms with Crippen molar-refractivity contribution in [1.82, 2.24) is 10.7 Å². The maximum Gasteiger partial charge on any atom is 0.259 e. The van der Waals surface area contributed by atoms with Gasteiger partial charge < -0.3 is 15.0 Å². The molecule has 7 nitrogen and oxygen atoms in total. The van der Waals surface area contributed by atoms with E-state index in [1.54, 1.807) is 25.5 Å². The Morgan fingerprint density at radius 1 is 1.11 bits per heavy atom. The quantitative estimate of drug-likeness (QED) is 0.417. The number of carbonyl (C=O) groups excluding carboxylic acids is 2. The second-order valence-electron chi connectivity index (χ2n) is 6.07. The van der Waals surface area contributed by atoms with E-state index >= 15 is 0 Å². The van der Waals surface area contributed by atoms with Crippen molar-refractivity contribution in [1.29, 1.82) is 0 Å². The number of hydrazone groups is 1. The van der Waals surface area contributed by atoms with Crippen LogP contribution in [0.15, 0.2) is 59.7 Å². The molecule has 146 valence electrons. The number of para-hydroxylation sites is 1. The second kappa shape index (κ2) is 10.5. The molecule has 0 aromatic heterocycles. The molecule has 0 saturated heterocycles. The van der Waals surface area contributed by atoms with Gasteiger partial charge in [-0.1, -0.05) is 30.3 Å². The third kappa shape index (κ3) is 6.60. The summed E-state index contributed by atoms with van der Waals surface area (Å²) in [4.78, 5) is 25.6. The molecule has 0 radical (unpaired) electrons. The summed E-state index contributed by atoms with van der Waals surface area (Å²) in [6.07, 6.45) is 4.52. The zero-order valence-corrected chi connectivity index (χ0v) is 16.2. The fourth-order valence-electron chi connectivity index (χ4n) is 2.27. The Labute approximate surface area is 164 Å². The number of methoxy groups -OCH3 is 1. The highest BCUT2D eigenvalue weighted by Crippen LogP contribution is 2.18. The summed E-state index contributed by atoms with van der Waals surface area (Å²) in [7, 11) is 5.49. The lowest BCUT2D eigenvalue weighted by atomic mass is 10.2. The van der Waals surface area contributed by atoms with E-state index < -0.39 is 5.91 Å². The molecule has 0 aliphatic carbocycles. The fraction of sp³-hybridized carbons (Fsp3) is 0.190. The fourth-order valence-corrected chi connectivity index (χ4v) is 2.27. The SMILES string of the molecule is COc1ccccc1C=CC(=O)NCC(=O)NN=Cc1ccc(N(C)C)cc1. The van der Waals surface area contributed by atoms with Gasteiger partial charge >= 0.3 is 0 Å². The van der Waals surface area contributed by atoms with Crippen LogP contribution in [-0.2, 0) is 9.59 Å². The van der Waals surface area contributed by atoms with Gasteiger partial charge in [-0.05, 0) is 29.8 Å². The van der Waals surface area contributed by atoms with E-state index in [0.29, 0.717) is 5.75 Å². The predicted molar refractivity (Wildman–Crippen MR) is 112 cm³/mol. The van der Waals surface area contributed by atoms with Gasteiger partial charge in [0, 0.05) is 31.4 Å². The van der Waals surface area contributed by atoms with Gasteiger partial charge in [0.25, 0.3) is 5.91 Å². The molecule has 0 spiro atoms. The van der Waals surface area contributed by atoms with E-state index in [2.05, 4.69) is 15.8 Å². The summed E-state index contributed by atoms with van der Waals surface area (Å²) in [6.45, 7) is -0.175. The number of ether oxygens (including phenoxy) is 1. The van der Waals surface area contributed by atoms with Crippen molar-refractivity contribution >= 4 is 29.8 Å². The Hall–Kier alpha value is -3.61. The lowest BCUT2D eigenvalue weighted by molar-refractivity contribution is -0.123. The van der Waals surface area contributed by atoms with Crippen molar-refractivity contribution < 1.29 is 14.3 Å². The number of nitrogens with zero attached hydrogens (tertiary/aromatic N) is 2. The number of rotatable bonds is 8. The molecule has 0 saturated carbocycles. The summed E-state index contributed by atoms with van der Waals surface area (Å²) in [5, 5.41) is 6.39. The lowest BCUT2D eigenvalue weighted by Gasteiger charge is -2.11. The highest BCUT2D eigenvalue weighted by Gasteiger charge is 2.03. The lowest BCUT2D eigenvalue weighted by Crippen LogP contribution is -2.34. The van der Waals surface area contributed by atoms with Gasteiger partial charge in [0.15, 0.2) is 0 Å². The summed E-state index contributed by atoms with van der Waals surface area (Å²) >= 11 is 0. The molecule has 0 atom stereocenters. The molecule has 0 aliphatic rings. The molecule has 0 bridgehead atoms. The van der Waals surface area contributed by atoms with Crippen LogP contribution in [0, 0.1) is 0 Å². The van der Waals surface area contributed by atoms with Gasteiger partial charge in [0.05, 0.1) is 19.9 Å². The van der Waals surface area contributed by atoms with Crippen LogP contribution in [0.3, 0.4) is 0 Å². The van der Waals surface area contributed by atoms with Crippen LogP contribution < -0.4 is 20.4 Å². The first kappa shape index (κ1) is 20.7. The molecule has 2 aromatic rings. The highest BCUT2D eigenvalue weighted by atomic mass is 16.5. The molecule has 2 aromatic carbocycles. The Morgan fingerprint density at radius 3 is 2.50 bits per heavy atom. The van der Waals surface area contributed by atoms with Gasteiger partial charge in [-0.25, -0.2) is 5.43 Å².